The summed E-state index contributed by atoms with van der Waals surface area (Å²) < 4.78 is 0.928. The zero-order valence-corrected chi connectivity index (χ0v) is 9.99. The van der Waals surface area contributed by atoms with Gasteiger partial charge in [0.1, 0.15) is 5.75 Å². The first kappa shape index (κ1) is 11.1. The van der Waals surface area contributed by atoms with E-state index in [2.05, 4.69) is 15.9 Å². The number of aromatic hydroxyl groups is 1. The summed E-state index contributed by atoms with van der Waals surface area (Å²) in [5, 5.41) is 11.3. The minimum atomic E-state index is -0.259. The maximum absolute atomic E-state index is 11.6. The lowest BCUT2D eigenvalue weighted by molar-refractivity contribution is 0.100. The van der Waals surface area contributed by atoms with Crippen molar-refractivity contribution >= 4 is 32.5 Å². The van der Waals surface area contributed by atoms with Crippen molar-refractivity contribution in [2.24, 2.45) is 5.73 Å². The summed E-state index contributed by atoms with van der Waals surface area (Å²) in [6, 6.07) is 8.79. The van der Waals surface area contributed by atoms with E-state index in [4.69, 9.17) is 5.73 Å². The van der Waals surface area contributed by atoms with Crippen LogP contribution in [-0.2, 0) is 0 Å². The molecule has 0 unspecified atom stereocenters. The predicted molar refractivity (Wildman–Crippen MR) is 66.7 cm³/mol. The highest BCUT2D eigenvalue weighted by atomic mass is 79.9. The number of rotatable bonds is 2. The Hall–Kier alpha value is -1.39. The highest BCUT2D eigenvalue weighted by Crippen LogP contribution is 2.29. The van der Waals surface area contributed by atoms with Crippen LogP contribution in [0.1, 0.15) is 10.4 Å². The molecule has 0 aliphatic rings. The molecule has 2 aromatic rings. The number of phenolic OH excluding ortho intramolecular Hbond substituents is 1. The van der Waals surface area contributed by atoms with Crippen LogP contribution in [0.5, 0.6) is 5.75 Å². The van der Waals surface area contributed by atoms with Crippen molar-refractivity contribution in [2.45, 2.75) is 0 Å². The maximum atomic E-state index is 11.6. The Kier molecular flexibility index (Phi) is 2.94. The highest BCUT2D eigenvalue weighted by molar-refractivity contribution is 9.10. The number of fused-ring (bicyclic) bond motifs is 1. The Morgan fingerprint density at radius 2 is 2.06 bits per heavy atom. The molecule has 0 fully saturated rings. The van der Waals surface area contributed by atoms with E-state index in [-0.39, 0.29) is 18.1 Å². The average molecular weight is 280 g/mol. The zero-order chi connectivity index (χ0) is 11.7. The van der Waals surface area contributed by atoms with Crippen molar-refractivity contribution in [1.82, 2.24) is 0 Å². The van der Waals surface area contributed by atoms with Crippen LogP contribution in [0.3, 0.4) is 0 Å². The Labute approximate surface area is 101 Å². The van der Waals surface area contributed by atoms with Gasteiger partial charge in [-0.15, -0.1) is 0 Å². The van der Waals surface area contributed by atoms with Crippen LogP contribution in [0.25, 0.3) is 10.8 Å². The van der Waals surface area contributed by atoms with Gasteiger partial charge < -0.3 is 10.8 Å². The predicted octanol–water partition coefficient (Wildman–Crippen LogP) is 2.45. The number of ketones is 1. The van der Waals surface area contributed by atoms with Crippen LogP contribution in [0.2, 0.25) is 0 Å². The number of Topliss-reactive ketones (excluding diaryl/α,β-unsaturated/α-hetero) is 1. The minimum Gasteiger partial charge on any atom is -0.507 e. The fourth-order valence-corrected chi connectivity index (χ4v) is 2.06. The van der Waals surface area contributed by atoms with Crippen molar-refractivity contribution in [3.63, 3.8) is 0 Å². The standard InChI is InChI=1S/C12H10BrNO2/c13-8-2-3-9-7(5-8)1-4-10(15)12(9)11(16)6-14/h1-5,15H,6,14H2. The molecule has 0 saturated carbocycles. The van der Waals surface area contributed by atoms with Gasteiger partial charge in [0.15, 0.2) is 5.78 Å². The summed E-state index contributed by atoms with van der Waals surface area (Å²) in [5.41, 5.74) is 5.62. The van der Waals surface area contributed by atoms with E-state index in [9.17, 15) is 9.90 Å². The van der Waals surface area contributed by atoms with Gasteiger partial charge in [0.05, 0.1) is 12.1 Å². The largest absolute Gasteiger partial charge is 0.507 e. The number of hydrogen-bond acceptors (Lipinski definition) is 3. The smallest absolute Gasteiger partial charge is 0.180 e. The van der Waals surface area contributed by atoms with E-state index in [1.807, 2.05) is 12.1 Å². The number of carbonyl (C=O) groups excluding carboxylic acids is 1. The second-order valence-corrected chi connectivity index (χ2v) is 4.37. The monoisotopic (exact) mass is 279 g/mol. The second kappa shape index (κ2) is 4.23. The van der Waals surface area contributed by atoms with Crippen LogP contribution in [-0.4, -0.2) is 17.4 Å². The molecule has 0 saturated heterocycles. The van der Waals surface area contributed by atoms with Gasteiger partial charge in [-0.1, -0.05) is 28.1 Å². The summed E-state index contributed by atoms with van der Waals surface area (Å²) in [6.45, 7) is -0.108. The molecule has 0 radical (unpaired) electrons. The molecule has 0 atom stereocenters. The lowest BCUT2D eigenvalue weighted by Gasteiger charge is -2.07. The Morgan fingerprint density at radius 1 is 1.31 bits per heavy atom. The number of phenols is 1. The first-order chi connectivity index (χ1) is 7.63. The molecular formula is C12H10BrNO2. The molecule has 4 heteroatoms. The Morgan fingerprint density at radius 3 is 2.75 bits per heavy atom. The van der Waals surface area contributed by atoms with E-state index < -0.39 is 0 Å². The van der Waals surface area contributed by atoms with Gasteiger partial charge in [-0.2, -0.15) is 0 Å². The van der Waals surface area contributed by atoms with E-state index in [1.165, 1.54) is 6.07 Å². The van der Waals surface area contributed by atoms with Crippen molar-refractivity contribution in [2.75, 3.05) is 6.54 Å². The first-order valence-electron chi connectivity index (χ1n) is 4.78. The minimum absolute atomic E-state index is 0.0229. The van der Waals surface area contributed by atoms with Gasteiger partial charge in [-0.3, -0.25) is 4.79 Å². The van der Waals surface area contributed by atoms with Crippen LogP contribution >= 0.6 is 15.9 Å². The number of benzene rings is 2. The van der Waals surface area contributed by atoms with E-state index in [0.29, 0.717) is 5.56 Å². The fraction of sp³-hybridized carbons (Fsp3) is 0.0833. The molecule has 0 amide bonds. The summed E-state index contributed by atoms with van der Waals surface area (Å²) in [5.74, 6) is -0.282. The van der Waals surface area contributed by atoms with Gasteiger partial charge in [0.2, 0.25) is 0 Å². The topological polar surface area (TPSA) is 63.3 Å². The van der Waals surface area contributed by atoms with Gasteiger partial charge in [0, 0.05) is 4.47 Å². The lowest BCUT2D eigenvalue weighted by Crippen LogP contribution is -2.14. The molecule has 0 aliphatic carbocycles. The second-order valence-electron chi connectivity index (χ2n) is 3.45. The average Bonchev–Trinajstić information content (AvgIpc) is 2.28. The fourth-order valence-electron chi connectivity index (χ4n) is 1.68. The molecule has 3 N–H and O–H groups in total. The van der Waals surface area contributed by atoms with E-state index >= 15 is 0 Å². The third-order valence-electron chi connectivity index (χ3n) is 2.42. The summed E-state index contributed by atoms with van der Waals surface area (Å²) in [7, 11) is 0. The summed E-state index contributed by atoms with van der Waals surface area (Å²) in [6.07, 6.45) is 0. The van der Waals surface area contributed by atoms with E-state index in [0.717, 1.165) is 15.2 Å². The van der Waals surface area contributed by atoms with Crippen LogP contribution in [0, 0.1) is 0 Å². The molecule has 0 bridgehead atoms. The third kappa shape index (κ3) is 1.81. The van der Waals surface area contributed by atoms with Crippen molar-refractivity contribution in [3.05, 3.63) is 40.4 Å². The number of carbonyl (C=O) groups is 1. The van der Waals surface area contributed by atoms with Crippen molar-refractivity contribution in [3.8, 4) is 5.75 Å². The van der Waals surface area contributed by atoms with Crippen molar-refractivity contribution < 1.29 is 9.90 Å². The van der Waals surface area contributed by atoms with Crippen LogP contribution < -0.4 is 5.73 Å². The molecular weight excluding hydrogens is 270 g/mol. The Bertz CT molecular complexity index is 566. The quantitative estimate of drug-likeness (QED) is 0.830. The van der Waals surface area contributed by atoms with Gasteiger partial charge in [-0.05, 0) is 29.0 Å². The molecule has 16 heavy (non-hydrogen) atoms. The summed E-state index contributed by atoms with van der Waals surface area (Å²) >= 11 is 3.36. The van der Waals surface area contributed by atoms with Gasteiger partial charge >= 0.3 is 0 Å². The number of nitrogens with two attached hydrogens (primary N) is 1. The number of halogens is 1. The first-order valence-corrected chi connectivity index (χ1v) is 5.57. The highest BCUT2D eigenvalue weighted by Gasteiger charge is 2.13. The SMILES string of the molecule is NCC(=O)c1c(O)ccc2cc(Br)ccc12. The van der Waals surface area contributed by atoms with E-state index in [1.54, 1.807) is 12.1 Å². The lowest BCUT2D eigenvalue weighted by atomic mass is 10.0. The van der Waals surface area contributed by atoms with Crippen LogP contribution in [0.15, 0.2) is 34.8 Å². The third-order valence-corrected chi connectivity index (χ3v) is 2.92. The number of hydrogen-bond donors (Lipinski definition) is 2. The van der Waals surface area contributed by atoms with Crippen molar-refractivity contribution in [1.29, 1.82) is 0 Å². The molecule has 0 spiro atoms. The van der Waals surface area contributed by atoms with Gasteiger partial charge in [0.25, 0.3) is 0 Å². The molecule has 3 nitrogen and oxygen atoms in total. The molecule has 82 valence electrons. The maximum Gasteiger partial charge on any atom is 0.180 e. The molecule has 2 aromatic carbocycles. The molecule has 0 heterocycles. The van der Waals surface area contributed by atoms with Crippen LogP contribution in [0.4, 0.5) is 0 Å². The molecule has 0 aromatic heterocycles. The molecule has 0 aliphatic heterocycles. The van der Waals surface area contributed by atoms with Gasteiger partial charge in [-0.25, -0.2) is 0 Å². The Balaban J connectivity index is 2.79. The summed E-state index contributed by atoms with van der Waals surface area (Å²) in [4.78, 5) is 11.6. The molecule has 2 rings (SSSR count). The zero-order valence-electron chi connectivity index (χ0n) is 8.40. The normalized spacial score (nSPS) is 10.6.